The van der Waals surface area contributed by atoms with E-state index < -0.39 is 0 Å². The smallest absolute Gasteiger partial charge is 0.254 e. The minimum Gasteiger partial charge on any atom is -0.345 e. The van der Waals surface area contributed by atoms with Gasteiger partial charge in [0.2, 0.25) is 5.91 Å². The first-order chi connectivity index (χ1) is 16.0. The minimum atomic E-state index is -0.373. The Bertz CT molecular complexity index is 1200. The molecule has 3 amide bonds. The summed E-state index contributed by atoms with van der Waals surface area (Å²) in [5.41, 5.74) is 7.37. The molecular weight excluding hydrogens is 416 g/mol. The van der Waals surface area contributed by atoms with E-state index in [1.165, 1.54) is 0 Å². The largest absolute Gasteiger partial charge is 0.345 e. The van der Waals surface area contributed by atoms with Crippen molar-refractivity contribution in [2.75, 3.05) is 25.0 Å². The molecule has 0 unspecified atom stereocenters. The van der Waals surface area contributed by atoms with Crippen LogP contribution in [0.25, 0.3) is 10.8 Å². The topological polar surface area (TPSA) is 105 Å². The van der Waals surface area contributed by atoms with Gasteiger partial charge in [-0.2, -0.15) is 0 Å². The van der Waals surface area contributed by atoms with Gasteiger partial charge >= 0.3 is 0 Å². The lowest BCUT2D eigenvalue weighted by molar-refractivity contribution is -0.114. The molecule has 1 atom stereocenters. The monoisotopic (exact) mass is 444 g/mol. The predicted octanol–water partition coefficient (Wildman–Crippen LogP) is 3.46. The highest BCUT2D eigenvalue weighted by atomic mass is 16.2. The zero-order chi connectivity index (χ0) is 23.4. The lowest BCUT2D eigenvalue weighted by Gasteiger charge is -2.20. The van der Waals surface area contributed by atoms with Crippen LogP contribution in [0.5, 0.6) is 0 Å². The SMILES string of the molecule is C[C@@H](NC(=O)c1cc(NC(=O)CN)ccc1C(=O)N1CCCC1)c1cccc2ccccc12. The quantitative estimate of drug-likeness (QED) is 0.541. The number of nitrogens with one attached hydrogen (secondary N) is 2. The molecule has 0 aromatic heterocycles. The summed E-state index contributed by atoms with van der Waals surface area (Å²) in [7, 11) is 0. The van der Waals surface area contributed by atoms with Crippen molar-refractivity contribution in [1.29, 1.82) is 0 Å². The average molecular weight is 445 g/mol. The van der Waals surface area contributed by atoms with Crippen molar-refractivity contribution in [3.63, 3.8) is 0 Å². The molecule has 0 spiro atoms. The second-order valence-corrected chi connectivity index (χ2v) is 8.28. The molecule has 33 heavy (non-hydrogen) atoms. The molecule has 4 rings (SSSR count). The summed E-state index contributed by atoms with van der Waals surface area (Å²) in [5.74, 6) is -0.918. The van der Waals surface area contributed by atoms with Crippen molar-refractivity contribution < 1.29 is 14.4 Å². The van der Waals surface area contributed by atoms with Crippen molar-refractivity contribution in [2.45, 2.75) is 25.8 Å². The Morgan fingerprint density at radius 2 is 1.70 bits per heavy atom. The van der Waals surface area contributed by atoms with Crippen LogP contribution in [-0.4, -0.2) is 42.3 Å². The van der Waals surface area contributed by atoms with Crippen LogP contribution in [0.3, 0.4) is 0 Å². The molecule has 1 aliphatic rings. The molecule has 1 fully saturated rings. The van der Waals surface area contributed by atoms with E-state index in [0.717, 1.165) is 29.2 Å². The number of hydrogen-bond donors (Lipinski definition) is 3. The number of benzene rings is 3. The second-order valence-electron chi connectivity index (χ2n) is 8.28. The van der Waals surface area contributed by atoms with Crippen LogP contribution < -0.4 is 16.4 Å². The van der Waals surface area contributed by atoms with E-state index >= 15 is 0 Å². The standard InChI is InChI=1S/C26H28N4O3/c1-17(20-10-6-8-18-7-2-3-9-21(18)20)28-25(32)23-15-19(29-24(31)16-27)11-12-22(23)26(33)30-13-4-5-14-30/h2-3,6-12,15,17H,4-5,13-14,16,27H2,1H3,(H,28,32)(H,29,31)/t17-/m1/s1. The maximum Gasteiger partial charge on any atom is 0.254 e. The van der Waals surface area contributed by atoms with Crippen molar-refractivity contribution in [3.8, 4) is 0 Å². The van der Waals surface area contributed by atoms with Crippen LogP contribution in [0.1, 0.15) is 52.1 Å². The number of anilines is 1. The lowest BCUT2D eigenvalue weighted by Crippen LogP contribution is -2.33. The summed E-state index contributed by atoms with van der Waals surface area (Å²) < 4.78 is 0. The van der Waals surface area contributed by atoms with E-state index in [0.29, 0.717) is 24.3 Å². The molecule has 0 saturated carbocycles. The van der Waals surface area contributed by atoms with Gasteiger partial charge in [0.25, 0.3) is 11.8 Å². The van der Waals surface area contributed by atoms with Crippen molar-refractivity contribution in [2.24, 2.45) is 5.73 Å². The molecule has 1 aliphatic heterocycles. The van der Waals surface area contributed by atoms with Gasteiger partial charge in [-0.25, -0.2) is 0 Å². The summed E-state index contributed by atoms with van der Waals surface area (Å²) in [6, 6.07) is 18.5. The molecule has 0 radical (unpaired) electrons. The molecule has 1 saturated heterocycles. The fourth-order valence-electron chi connectivity index (χ4n) is 4.28. The average Bonchev–Trinajstić information content (AvgIpc) is 3.38. The molecule has 170 valence electrons. The van der Waals surface area contributed by atoms with Gasteiger partial charge in [-0.05, 0) is 54.3 Å². The molecular formula is C26H28N4O3. The highest BCUT2D eigenvalue weighted by Gasteiger charge is 2.25. The maximum absolute atomic E-state index is 13.4. The van der Waals surface area contributed by atoms with Crippen LogP contribution in [0.15, 0.2) is 60.7 Å². The fourth-order valence-corrected chi connectivity index (χ4v) is 4.28. The number of carbonyl (C=O) groups excluding carboxylic acids is 3. The Kier molecular flexibility index (Phi) is 6.70. The van der Waals surface area contributed by atoms with Gasteiger partial charge in [-0.3, -0.25) is 14.4 Å². The molecule has 3 aromatic carbocycles. The first kappa shape index (κ1) is 22.5. The molecule has 0 aliphatic carbocycles. The summed E-state index contributed by atoms with van der Waals surface area (Å²) in [6.07, 6.45) is 1.91. The number of nitrogens with zero attached hydrogens (tertiary/aromatic N) is 1. The summed E-state index contributed by atoms with van der Waals surface area (Å²) in [4.78, 5) is 40.1. The third-order valence-electron chi connectivity index (χ3n) is 5.99. The summed E-state index contributed by atoms with van der Waals surface area (Å²) in [5, 5.41) is 7.85. The number of likely N-dealkylation sites (tertiary alicyclic amines) is 1. The molecule has 3 aromatic rings. The Morgan fingerprint density at radius 1 is 0.970 bits per heavy atom. The molecule has 4 N–H and O–H groups in total. The second kappa shape index (κ2) is 9.83. The zero-order valence-corrected chi connectivity index (χ0v) is 18.6. The van der Waals surface area contributed by atoms with Crippen LogP contribution >= 0.6 is 0 Å². The van der Waals surface area contributed by atoms with Crippen molar-refractivity contribution in [1.82, 2.24) is 10.2 Å². The Labute approximate surface area is 192 Å². The number of hydrogen-bond acceptors (Lipinski definition) is 4. The van der Waals surface area contributed by atoms with Gasteiger partial charge in [0.05, 0.1) is 23.7 Å². The van der Waals surface area contributed by atoms with Gasteiger partial charge < -0.3 is 21.3 Å². The first-order valence-electron chi connectivity index (χ1n) is 11.2. The highest BCUT2D eigenvalue weighted by Crippen LogP contribution is 2.26. The van der Waals surface area contributed by atoms with Crippen LogP contribution in [0.2, 0.25) is 0 Å². The van der Waals surface area contributed by atoms with Gasteiger partial charge in [0, 0.05) is 18.8 Å². The Hall–Kier alpha value is -3.71. The predicted molar refractivity (Wildman–Crippen MR) is 129 cm³/mol. The highest BCUT2D eigenvalue weighted by molar-refractivity contribution is 6.08. The minimum absolute atomic E-state index is 0.173. The van der Waals surface area contributed by atoms with Crippen LogP contribution in [-0.2, 0) is 4.79 Å². The summed E-state index contributed by atoms with van der Waals surface area (Å²) in [6.45, 7) is 3.10. The zero-order valence-electron chi connectivity index (χ0n) is 18.6. The van der Waals surface area contributed by atoms with E-state index in [1.54, 1.807) is 23.1 Å². The van der Waals surface area contributed by atoms with Gasteiger partial charge in [-0.15, -0.1) is 0 Å². The van der Waals surface area contributed by atoms with Crippen molar-refractivity contribution >= 4 is 34.2 Å². The van der Waals surface area contributed by atoms with E-state index in [4.69, 9.17) is 5.73 Å². The number of carbonyl (C=O) groups is 3. The molecule has 1 heterocycles. The Balaban J connectivity index is 1.65. The molecule has 7 heteroatoms. The normalized spacial score (nSPS) is 14.2. The van der Waals surface area contributed by atoms with E-state index in [9.17, 15) is 14.4 Å². The third kappa shape index (κ3) is 4.88. The van der Waals surface area contributed by atoms with Gasteiger partial charge in [-0.1, -0.05) is 42.5 Å². The van der Waals surface area contributed by atoms with Gasteiger partial charge in [0.1, 0.15) is 0 Å². The fraction of sp³-hybridized carbons (Fsp3) is 0.269. The maximum atomic E-state index is 13.4. The Morgan fingerprint density at radius 3 is 2.45 bits per heavy atom. The van der Waals surface area contributed by atoms with E-state index in [2.05, 4.69) is 10.6 Å². The van der Waals surface area contributed by atoms with E-state index in [1.807, 2.05) is 49.4 Å². The number of nitrogens with two attached hydrogens (primary N) is 1. The molecule has 0 bridgehead atoms. The van der Waals surface area contributed by atoms with Gasteiger partial charge in [0.15, 0.2) is 0 Å². The molecule has 7 nitrogen and oxygen atoms in total. The first-order valence-corrected chi connectivity index (χ1v) is 11.2. The summed E-state index contributed by atoms with van der Waals surface area (Å²) >= 11 is 0. The van der Waals surface area contributed by atoms with Crippen molar-refractivity contribution in [3.05, 3.63) is 77.4 Å². The van der Waals surface area contributed by atoms with Crippen LogP contribution in [0.4, 0.5) is 5.69 Å². The lowest BCUT2D eigenvalue weighted by atomic mass is 9.98. The number of fused-ring (bicyclic) bond motifs is 1. The number of amides is 3. The third-order valence-corrected chi connectivity index (χ3v) is 5.99. The number of rotatable bonds is 6. The van der Waals surface area contributed by atoms with Crippen LogP contribution in [0, 0.1) is 0 Å². The van der Waals surface area contributed by atoms with E-state index in [-0.39, 0.29) is 35.9 Å².